The number of esters is 1. The van der Waals surface area contributed by atoms with Gasteiger partial charge in [-0.3, -0.25) is 0 Å². The minimum absolute atomic E-state index is 0.284. The Morgan fingerprint density at radius 2 is 1.70 bits per heavy atom. The Morgan fingerprint density at radius 3 is 2.50 bits per heavy atom. The molecule has 0 radical (unpaired) electrons. The Morgan fingerprint density at radius 1 is 1.00 bits per heavy atom. The topological polar surface area (TPSA) is 26.3 Å². The second-order valence-corrected chi connectivity index (χ2v) is 4.64. The first-order chi connectivity index (χ1) is 9.79. The molecule has 0 saturated heterocycles. The van der Waals surface area contributed by atoms with Crippen molar-refractivity contribution in [1.29, 1.82) is 0 Å². The number of hydrogen-bond donors (Lipinski definition) is 0. The third kappa shape index (κ3) is 2.16. The lowest BCUT2D eigenvalue weighted by Gasteiger charge is -2.04. The highest BCUT2D eigenvalue weighted by Gasteiger charge is 2.25. The highest BCUT2D eigenvalue weighted by atomic mass is 16.5. The van der Waals surface area contributed by atoms with Crippen LogP contribution in [0.25, 0.3) is 11.8 Å². The zero-order valence-electron chi connectivity index (χ0n) is 11.0. The van der Waals surface area contributed by atoms with Crippen LogP contribution in [0.1, 0.15) is 27.0 Å². The van der Waals surface area contributed by atoms with E-state index in [0.717, 1.165) is 23.1 Å². The molecule has 3 rings (SSSR count). The highest BCUT2D eigenvalue weighted by Crippen LogP contribution is 2.31. The van der Waals surface area contributed by atoms with E-state index in [1.807, 2.05) is 48.6 Å². The van der Waals surface area contributed by atoms with Crippen LogP contribution in [0.3, 0.4) is 0 Å². The predicted molar refractivity (Wildman–Crippen MR) is 80.1 cm³/mol. The molecule has 0 fully saturated rings. The molecule has 0 bridgehead atoms. The number of hydrogen-bond acceptors (Lipinski definition) is 2. The standard InChI is InChI=1S/C18H14O2/c1-2-7-13-8-3-4-9-14(13)12-17-15-10-5-6-11-16(15)18(19)20-17/h2-6,8-12H,1,7H2/b17-12+. The second-order valence-electron chi connectivity index (χ2n) is 4.64. The molecule has 2 nitrogen and oxygen atoms in total. The van der Waals surface area contributed by atoms with E-state index in [1.54, 1.807) is 6.07 Å². The van der Waals surface area contributed by atoms with Crippen molar-refractivity contribution < 1.29 is 9.53 Å². The molecule has 0 aliphatic carbocycles. The first-order valence-corrected chi connectivity index (χ1v) is 6.51. The number of fused-ring (bicyclic) bond motifs is 1. The van der Waals surface area contributed by atoms with Crippen molar-refractivity contribution in [3.05, 3.63) is 83.4 Å². The van der Waals surface area contributed by atoms with Gasteiger partial charge in [-0.1, -0.05) is 48.5 Å². The molecule has 2 aromatic carbocycles. The third-order valence-electron chi connectivity index (χ3n) is 3.32. The normalized spacial score (nSPS) is 15.0. The average Bonchev–Trinajstić information content (AvgIpc) is 2.79. The summed E-state index contributed by atoms with van der Waals surface area (Å²) in [5, 5.41) is 0. The van der Waals surface area contributed by atoms with Crippen LogP contribution in [0.4, 0.5) is 0 Å². The number of rotatable bonds is 3. The van der Waals surface area contributed by atoms with Gasteiger partial charge in [0.1, 0.15) is 5.76 Å². The molecular formula is C18H14O2. The lowest BCUT2D eigenvalue weighted by Crippen LogP contribution is -1.92. The fourth-order valence-corrected chi connectivity index (χ4v) is 2.35. The summed E-state index contributed by atoms with van der Waals surface area (Å²) in [5.41, 5.74) is 3.69. The molecule has 1 aliphatic rings. The Balaban J connectivity index is 2.07. The van der Waals surface area contributed by atoms with Crippen LogP contribution in [0.15, 0.2) is 61.2 Å². The second kappa shape index (κ2) is 5.17. The number of cyclic esters (lactones) is 1. The van der Waals surface area contributed by atoms with Crippen LogP contribution < -0.4 is 0 Å². The van der Waals surface area contributed by atoms with Gasteiger partial charge in [0, 0.05) is 5.56 Å². The molecule has 0 N–H and O–H groups in total. The number of benzene rings is 2. The van der Waals surface area contributed by atoms with Crippen molar-refractivity contribution in [2.24, 2.45) is 0 Å². The van der Waals surface area contributed by atoms with E-state index in [0.29, 0.717) is 11.3 Å². The molecule has 0 aromatic heterocycles. The molecule has 0 amide bonds. The van der Waals surface area contributed by atoms with E-state index in [4.69, 9.17) is 4.74 Å². The maximum absolute atomic E-state index is 11.8. The molecule has 0 unspecified atom stereocenters. The van der Waals surface area contributed by atoms with Crippen LogP contribution in [-0.2, 0) is 11.2 Å². The van der Waals surface area contributed by atoms with E-state index in [9.17, 15) is 4.79 Å². The molecule has 2 aromatic rings. The minimum atomic E-state index is -0.284. The van der Waals surface area contributed by atoms with Gasteiger partial charge in [-0.2, -0.15) is 0 Å². The number of allylic oxidation sites excluding steroid dienone is 1. The summed E-state index contributed by atoms with van der Waals surface area (Å²) in [6.45, 7) is 3.77. The quantitative estimate of drug-likeness (QED) is 0.615. The summed E-state index contributed by atoms with van der Waals surface area (Å²) in [5.74, 6) is 0.329. The molecule has 20 heavy (non-hydrogen) atoms. The van der Waals surface area contributed by atoms with E-state index < -0.39 is 0 Å². The lowest BCUT2D eigenvalue weighted by molar-refractivity contribution is 0.0717. The minimum Gasteiger partial charge on any atom is -0.422 e. The average molecular weight is 262 g/mol. The van der Waals surface area contributed by atoms with Gasteiger partial charge in [0.2, 0.25) is 0 Å². The fourth-order valence-electron chi connectivity index (χ4n) is 2.35. The Labute approximate surface area is 118 Å². The van der Waals surface area contributed by atoms with Crippen LogP contribution >= 0.6 is 0 Å². The summed E-state index contributed by atoms with van der Waals surface area (Å²) < 4.78 is 5.37. The van der Waals surface area contributed by atoms with E-state index in [2.05, 4.69) is 12.6 Å². The van der Waals surface area contributed by atoms with Crippen LogP contribution in [0.5, 0.6) is 0 Å². The fraction of sp³-hybridized carbons (Fsp3) is 0.0556. The van der Waals surface area contributed by atoms with Gasteiger partial charge >= 0.3 is 5.97 Å². The van der Waals surface area contributed by atoms with Crippen molar-refractivity contribution in [3.63, 3.8) is 0 Å². The number of carbonyl (C=O) groups is 1. The monoisotopic (exact) mass is 262 g/mol. The van der Waals surface area contributed by atoms with Crippen molar-refractivity contribution in [2.75, 3.05) is 0 Å². The molecule has 0 spiro atoms. The highest BCUT2D eigenvalue weighted by molar-refractivity contribution is 6.05. The van der Waals surface area contributed by atoms with Gasteiger partial charge in [0.15, 0.2) is 0 Å². The van der Waals surface area contributed by atoms with Crippen LogP contribution in [-0.4, -0.2) is 5.97 Å². The summed E-state index contributed by atoms with van der Waals surface area (Å²) in [7, 11) is 0. The summed E-state index contributed by atoms with van der Waals surface area (Å²) in [6.07, 6.45) is 4.57. The summed E-state index contributed by atoms with van der Waals surface area (Å²) in [4.78, 5) is 11.8. The van der Waals surface area contributed by atoms with Gasteiger partial charge in [-0.15, -0.1) is 6.58 Å². The zero-order chi connectivity index (χ0) is 13.9. The third-order valence-corrected chi connectivity index (χ3v) is 3.32. The lowest BCUT2D eigenvalue weighted by atomic mass is 10.0. The van der Waals surface area contributed by atoms with E-state index in [1.165, 1.54) is 0 Å². The largest absolute Gasteiger partial charge is 0.422 e. The van der Waals surface area contributed by atoms with Gasteiger partial charge in [0.05, 0.1) is 5.56 Å². The van der Waals surface area contributed by atoms with Crippen molar-refractivity contribution in [1.82, 2.24) is 0 Å². The predicted octanol–water partition coefficient (Wildman–Crippen LogP) is 4.08. The van der Waals surface area contributed by atoms with Gasteiger partial charge < -0.3 is 4.74 Å². The molecule has 98 valence electrons. The molecule has 1 aliphatic heterocycles. The van der Waals surface area contributed by atoms with Gasteiger partial charge in [-0.05, 0) is 29.7 Å². The van der Waals surface area contributed by atoms with E-state index in [-0.39, 0.29) is 5.97 Å². The van der Waals surface area contributed by atoms with Gasteiger partial charge in [0.25, 0.3) is 0 Å². The molecular weight excluding hydrogens is 248 g/mol. The summed E-state index contributed by atoms with van der Waals surface area (Å²) >= 11 is 0. The molecule has 1 heterocycles. The summed E-state index contributed by atoms with van der Waals surface area (Å²) in [6, 6.07) is 15.5. The SMILES string of the molecule is C=CCc1ccccc1/C=C1/OC(=O)c2ccccc21. The smallest absolute Gasteiger partial charge is 0.344 e. The molecule has 2 heteroatoms. The van der Waals surface area contributed by atoms with E-state index >= 15 is 0 Å². The van der Waals surface area contributed by atoms with Crippen LogP contribution in [0, 0.1) is 0 Å². The molecule has 0 atom stereocenters. The number of carbonyl (C=O) groups excluding carboxylic acids is 1. The first-order valence-electron chi connectivity index (χ1n) is 6.51. The van der Waals surface area contributed by atoms with Crippen molar-refractivity contribution in [2.45, 2.75) is 6.42 Å². The Hall–Kier alpha value is -2.61. The van der Waals surface area contributed by atoms with Gasteiger partial charge in [-0.25, -0.2) is 4.79 Å². The Bertz CT molecular complexity index is 711. The van der Waals surface area contributed by atoms with Crippen molar-refractivity contribution in [3.8, 4) is 0 Å². The maximum atomic E-state index is 11.8. The van der Waals surface area contributed by atoms with Crippen molar-refractivity contribution >= 4 is 17.8 Å². The zero-order valence-corrected chi connectivity index (χ0v) is 11.0. The van der Waals surface area contributed by atoms with Crippen LogP contribution in [0.2, 0.25) is 0 Å². The maximum Gasteiger partial charge on any atom is 0.344 e. The Kier molecular flexibility index (Phi) is 3.21. The molecule has 0 saturated carbocycles. The first kappa shape index (κ1) is 12.4. The number of ether oxygens (including phenoxy) is 1.